The van der Waals surface area contributed by atoms with Gasteiger partial charge in [0.25, 0.3) is 12.1 Å². The number of aromatic nitrogens is 1. The van der Waals surface area contributed by atoms with Crippen LogP contribution in [-0.2, 0) is 32.0 Å². The topological polar surface area (TPSA) is 134 Å². The number of hydroxylamine groups is 2. The van der Waals surface area contributed by atoms with Crippen molar-refractivity contribution in [1.82, 2.24) is 19.7 Å². The standard InChI is InChI=1S/C32H35N5O6/c1-34-17-20(14-22-21-9-5-10-23-27(21)19(16-33-23)15-24(22)34)28(38)37(42)31-30(40)36-25(13-18-7-3-2-4-8-18)29(39)35-12-6-11-26(35)32(36,41)43-31/h2-5,7-10,16,20,22,24-26,31,33,37,41H,6,11-15,17H2,1H3/t20-,22?,24-,25+,26+,31?,32+/m1/s1. The Morgan fingerprint density at radius 1 is 1.16 bits per heavy atom. The number of quaternary nitrogens is 1. The third-order valence-electron chi connectivity index (χ3n) is 10.5. The summed E-state index contributed by atoms with van der Waals surface area (Å²) in [7, 11) is 1.98. The molecule has 3 N–H and O–H groups in total. The van der Waals surface area contributed by atoms with Gasteiger partial charge in [-0.15, -0.1) is 0 Å². The van der Waals surface area contributed by atoms with Gasteiger partial charge in [-0.1, -0.05) is 42.5 Å². The first kappa shape index (κ1) is 27.0. The summed E-state index contributed by atoms with van der Waals surface area (Å²) in [6.45, 7) is 0.828. The summed E-state index contributed by atoms with van der Waals surface area (Å²) in [6, 6.07) is 13.8. The van der Waals surface area contributed by atoms with Crippen LogP contribution in [0.15, 0.2) is 54.7 Å². The number of likely N-dealkylation sites (tertiary alicyclic amines) is 1. The number of piperazine rings is 1. The molecule has 5 heterocycles. The van der Waals surface area contributed by atoms with E-state index in [0.29, 0.717) is 32.4 Å². The van der Waals surface area contributed by atoms with Crippen LogP contribution >= 0.6 is 0 Å². The molecule has 8 atom stereocenters. The zero-order valence-electron chi connectivity index (χ0n) is 23.9. The van der Waals surface area contributed by atoms with E-state index in [-0.39, 0.29) is 24.3 Å². The van der Waals surface area contributed by atoms with Gasteiger partial charge in [0.15, 0.2) is 0 Å². The molecule has 3 unspecified atom stereocenters. The zero-order valence-corrected chi connectivity index (χ0v) is 23.9. The fraction of sp³-hybridized carbons (Fsp3) is 0.469. The Hall–Kier alpha value is -3.61. The van der Waals surface area contributed by atoms with Gasteiger partial charge in [0.2, 0.25) is 5.91 Å². The van der Waals surface area contributed by atoms with Crippen LogP contribution in [0.5, 0.6) is 0 Å². The van der Waals surface area contributed by atoms with Crippen molar-refractivity contribution in [2.75, 3.05) is 20.1 Å². The SMILES string of the molecule is CN1C[C@H](C(=O)[NH+]([O-])C2O[C@@]3(O)[C@@H]4CCCN4C(=O)[C@H](Cc4ccccc4)N3C2=O)CC2c3cccc4[nH]cc(c34)C[C@H]21. The largest absolute Gasteiger partial charge is 0.624 e. The molecule has 3 amide bonds. The Balaban J connectivity index is 1.08. The van der Waals surface area contributed by atoms with Crippen LogP contribution in [0.2, 0.25) is 0 Å². The number of amides is 3. The molecule has 2 aromatic carbocycles. The van der Waals surface area contributed by atoms with Crippen LogP contribution in [0.3, 0.4) is 0 Å². The number of nitrogens with zero attached hydrogens (tertiary/aromatic N) is 3. The second-order valence-electron chi connectivity index (χ2n) is 12.8. The van der Waals surface area contributed by atoms with Crippen LogP contribution in [0.4, 0.5) is 0 Å². The molecule has 0 radical (unpaired) electrons. The van der Waals surface area contributed by atoms with Crippen molar-refractivity contribution in [2.24, 2.45) is 5.92 Å². The van der Waals surface area contributed by atoms with E-state index < -0.39 is 47.0 Å². The lowest BCUT2D eigenvalue weighted by Crippen LogP contribution is -3.16. The third-order valence-corrected chi connectivity index (χ3v) is 10.5. The van der Waals surface area contributed by atoms with E-state index in [9.17, 15) is 24.7 Å². The monoisotopic (exact) mass is 585 g/mol. The number of hydrogen-bond donors (Lipinski definition) is 3. The fourth-order valence-corrected chi connectivity index (χ4v) is 8.55. The number of likely N-dealkylation sites (N-methyl/N-ethyl adjacent to an activating group) is 1. The number of carbonyl (C=O) groups excluding carboxylic acids is 3. The summed E-state index contributed by atoms with van der Waals surface area (Å²) in [5, 5.41) is 26.0. The number of nitrogens with one attached hydrogen (secondary N) is 2. The Kier molecular flexibility index (Phi) is 6.08. The molecule has 4 fully saturated rings. The van der Waals surface area contributed by atoms with E-state index in [1.165, 1.54) is 16.5 Å². The van der Waals surface area contributed by atoms with Gasteiger partial charge in [0.1, 0.15) is 12.1 Å². The van der Waals surface area contributed by atoms with Gasteiger partial charge in [-0.2, -0.15) is 0 Å². The second kappa shape index (κ2) is 9.70. The highest BCUT2D eigenvalue weighted by molar-refractivity contribution is 5.93. The molecule has 0 saturated carbocycles. The number of hydrogen-bond acceptors (Lipinski definition) is 7. The second-order valence-corrected chi connectivity index (χ2v) is 12.8. The summed E-state index contributed by atoms with van der Waals surface area (Å²) in [6.07, 6.45) is 2.87. The van der Waals surface area contributed by atoms with E-state index in [4.69, 9.17) is 4.74 Å². The molecule has 43 heavy (non-hydrogen) atoms. The number of benzene rings is 2. The lowest BCUT2D eigenvalue weighted by atomic mass is 9.72. The molecule has 1 aliphatic carbocycles. The lowest BCUT2D eigenvalue weighted by molar-refractivity contribution is -0.817. The smallest absolute Gasteiger partial charge is 0.318 e. The van der Waals surface area contributed by atoms with Gasteiger partial charge in [-0.25, -0.2) is 4.79 Å². The molecular weight excluding hydrogens is 550 g/mol. The van der Waals surface area contributed by atoms with Crippen molar-refractivity contribution in [3.63, 3.8) is 0 Å². The minimum atomic E-state index is -2.17. The van der Waals surface area contributed by atoms with Gasteiger partial charge < -0.3 is 25.1 Å². The maximum Gasteiger partial charge on any atom is 0.318 e. The van der Waals surface area contributed by atoms with E-state index in [2.05, 4.69) is 22.1 Å². The highest BCUT2D eigenvalue weighted by atomic mass is 16.7. The van der Waals surface area contributed by atoms with E-state index in [1.54, 1.807) is 4.90 Å². The molecule has 5 aliphatic rings. The first-order chi connectivity index (χ1) is 20.8. The number of aromatic amines is 1. The summed E-state index contributed by atoms with van der Waals surface area (Å²) >= 11 is 0. The van der Waals surface area contributed by atoms with Gasteiger partial charge in [-0.3, -0.25) is 24.3 Å². The lowest BCUT2D eigenvalue weighted by Gasteiger charge is -2.48. The van der Waals surface area contributed by atoms with E-state index in [1.807, 2.05) is 49.5 Å². The highest BCUT2D eigenvalue weighted by Crippen LogP contribution is 2.45. The zero-order chi connectivity index (χ0) is 29.6. The van der Waals surface area contributed by atoms with Crippen LogP contribution in [0.25, 0.3) is 10.9 Å². The Labute approximate surface area is 248 Å². The van der Waals surface area contributed by atoms with Gasteiger partial charge in [0, 0.05) is 48.6 Å². The predicted octanol–water partition coefficient (Wildman–Crippen LogP) is 0.484. The number of carbonyl (C=O) groups is 3. The normalized spacial score (nSPS) is 34.3. The van der Waals surface area contributed by atoms with Crippen LogP contribution in [0.1, 0.15) is 41.9 Å². The molecule has 224 valence electrons. The number of rotatable bonds is 4. The van der Waals surface area contributed by atoms with Crippen molar-refractivity contribution >= 4 is 28.6 Å². The first-order valence-corrected chi connectivity index (χ1v) is 15.2. The Bertz CT molecular complexity index is 1630. The number of fused-ring (bicyclic) bond motifs is 5. The van der Waals surface area contributed by atoms with Crippen molar-refractivity contribution < 1.29 is 29.3 Å². The van der Waals surface area contributed by atoms with Gasteiger partial charge >= 0.3 is 11.8 Å². The maximum atomic E-state index is 13.9. The Morgan fingerprint density at radius 3 is 2.79 bits per heavy atom. The first-order valence-electron chi connectivity index (χ1n) is 15.2. The van der Waals surface area contributed by atoms with Crippen molar-refractivity contribution in [2.45, 2.75) is 68.3 Å². The van der Waals surface area contributed by atoms with Gasteiger partial charge in [0.05, 0.1) is 5.92 Å². The minimum absolute atomic E-state index is 0.0585. The number of ether oxygens (including phenoxy) is 1. The molecule has 1 aromatic heterocycles. The maximum absolute atomic E-state index is 13.9. The van der Waals surface area contributed by atoms with Crippen molar-refractivity contribution in [1.29, 1.82) is 0 Å². The molecule has 0 bridgehead atoms. The fourth-order valence-electron chi connectivity index (χ4n) is 8.55. The average Bonchev–Trinajstić information content (AvgIpc) is 3.74. The summed E-state index contributed by atoms with van der Waals surface area (Å²) in [5.74, 6) is -4.48. The number of aliphatic hydroxyl groups is 1. The molecule has 3 aromatic rings. The number of H-pyrrole nitrogens is 1. The van der Waals surface area contributed by atoms with E-state index >= 15 is 0 Å². The van der Waals surface area contributed by atoms with Crippen LogP contribution in [-0.4, -0.2) is 92.9 Å². The molecule has 8 rings (SSSR count). The Morgan fingerprint density at radius 2 is 1.98 bits per heavy atom. The van der Waals surface area contributed by atoms with Crippen molar-refractivity contribution in [3.05, 3.63) is 76.6 Å². The molecule has 4 saturated heterocycles. The quantitative estimate of drug-likeness (QED) is 0.380. The molecule has 11 nitrogen and oxygen atoms in total. The molecule has 0 spiro atoms. The third kappa shape index (κ3) is 3.89. The summed E-state index contributed by atoms with van der Waals surface area (Å²) in [4.78, 5) is 49.5. The average molecular weight is 586 g/mol. The summed E-state index contributed by atoms with van der Waals surface area (Å²) < 4.78 is 5.94. The molecule has 11 heteroatoms. The summed E-state index contributed by atoms with van der Waals surface area (Å²) in [5.41, 5.74) is 4.31. The number of piperidine rings is 1. The van der Waals surface area contributed by atoms with Crippen molar-refractivity contribution in [3.8, 4) is 0 Å². The van der Waals surface area contributed by atoms with Crippen LogP contribution in [0, 0.1) is 11.1 Å². The molecule has 4 aliphatic heterocycles. The predicted molar refractivity (Wildman–Crippen MR) is 154 cm³/mol. The van der Waals surface area contributed by atoms with Crippen LogP contribution < -0.4 is 5.06 Å². The highest BCUT2D eigenvalue weighted by Gasteiger charge is 2.68. The molecular formula is C32H35N5O6. The van der Waals surface area contributed by atoms with Gasteiger partial charge in [-0.05, 0) is 55.5 Å². The minimum Gasteiger partial charge on any atom is -0.624 e. The van der Waals surface area contributed by atoms with E-state index in [0.717, 1.165) is 22.4 Å².